The van der Waals surface area contributed by atoms with Crippen molar-refractivity contribution in [2.24, 2.45) is 0 Å². The van der Waals surface area contributed by atoms with Gasteiger partial charge in [0, 0.05) is 44.1 Å². The van der Waals surface area contributed by atoms with Crippen LogP contribution in [0, 0.1) is 0 Å². The summed E-state index contributed by atoms with van der Waals surface area (Å²) in [4.78, 5) is 33.9. The van der Waals surface area contributed by atoms with Gasteiger partial charge in [-0.1, -0.05) is 12.1 Å². The van der Waals surface area contributed by atoms with Crippen LogP contribution < -0.4 is 11.0 Å². The average molecular weight is 379 g/mol. The van der Waals surface area contributed by atoms with Crippen LogP contribution >= 0.6 is 0 Å². The van der Waals surface area contributed by atoms with Crippen LogP contribution in [0.2, 0.25) is 0 Å². The number of amides is 1. The van der Waals surface area contributed by atoms with Crippen LogP contribution in [-0.4, -0.2) is 51.0 Å². The molecule has 0 spiro atoms. The van der Waals surface area contributed by atoms with E-state index in [9.17, 15) is 9.59 Å². The number of para-hydroxylation sites is 2. The van der Waals surface area contributed by atoms with Crippen molar-refractivity contribution in [3.63, 3.8) is 0 Å². The van der Waals surface area contributed by atoms with E-state index < -0.39 is 0 Å². The molecule has 0 bridgehead atoms. The van der Waals surface area contributed by atoms with Gasteiger partial charge in [0.1, 0.15) is 0 Å². The first kappa shape index (κ1) is 18.4. The first-order valence-corrected chi connectivity index (χ1v) is 9.74. The van der Waals surface area contributed by atoms with Gasteiger partial charge < -0.3 is 15.2 Å². The number of benzene rings is 1. The van der Waals surface area contributed by atoms with Crippen molar-refractivity contribution < 1.29 is 4.79 Å². The number of hydrogen-bond acceptors (Lipinski definition) is 4. The smallest absolute Gasteiger partial charge is 0.326 e. The Morgan fingerprint density at radius 2 is 2.04 bits per heavy atom. The van der Waals surface area contributed by atoms with E-state index in [1.54, 1.807) is 24.5 Å². The molecule has 1 aliphatic rings. The Labute approximate surface area is 163 Å². The van der Waals surface area contributed by atoms with Gasteiger partial charge in [-0.15, -0.1) is 0 Å². The second-order valence-electron chi connectivity index (χ2n) is 7.47. The van der Waals surface area contributed by atoms with Crippen LogP contribution in [-0.2, 0) is 0 Å². The number of rotatable bonds is 5. The first-order valence-electron chi connectivity index (χ1n) is 9.74. The van der Waals surface area contributed by atoms with Crippen LogP contribution in [0.4, 0.5) is 0 Å². The van der Waals surface area contributed by atoms with Crippen LogP contribution in [0.1, 0.15) is 36.2 Å². The van der Waals surface area contributed by atoms with E-state index in [2.05, 4.69) is 20.2 Å². The van der Waals surface area contributed by atoms with Gasteiger partial charge in [-0.3, -0.25) is 14.3 Å². The summed E-state index contributed by atoms with van der Waals surface area (Å²) in [6.07, 6.45) is 5.08. The van der Waals surface area contributed by atoms with Gasteiger partial charge in [0.05, 0.1) is 16.6 Å². The Morgan fingerprint density at radius 1 is 1.25 bits per heavy atom. The third kappa shape index (κ3) is 3.84. The fourth-order valence-corrected chi connectivity index (χ4v) is 4.03. The highest BCUT2D eigenvalue weighted by Gasteiger charge is 2.24. The average Bonchev–Trinajstić information content (AvgIpc) is 3.05. The molecule has 0 saturated carbocycles. The van der Waals surface area contributed by atoms with Crippen molar-refractivity contribution in [3.8, 4) is 0 Å². The molecule has 1 amide bonds. The van der Waals surface area contributed by atoms with Gasteiger partial charge in [0.2, 0.25) is 0 Å². The minimum atomic E-state index is -0.0965. The summed E-state index contributed by atoms with van der Waals surface area (Å²) in [5.41, 5.74) is 2.41. The van der Waals surface area contributed by atoms with Gasteiger partial charge in [-0.25, -0.2) is 4.79 Å². The van der Waals surface area contributed by atoms with Crippen molar-refractivity contribution in [2.45, 2.75) is 31.8 Å². The Bertz CT molecular complexity index is 1000. The molecule has 28 heavy (non-hydrogen) atoms. The van der Waals surface area contributed by atoms with Crippen molar-refractivity contribution >= 4 is 16.9 Å². The monoisotopic (exact) mass is 379 g/mol. The van der Waals surface area contributed by atoms with Crippen molar-refractivity contribution in [1.82, 2.24) is 24.8 Å². The topological polar surface area (TPSA) is 83.0 Å². The van der Waals surface area contributed by atoms with Gasteiger partial charge in [0.25, 0.3) is 5.91 Å². The fourth-order valence-electron chi connectivity index (χ4n) is 4.03. The maximum absolute atomic E-state index is 12.4. The summed E-state index contributed by atoms with van der Waals surface area (Å²) in [6.45, 7) is 4.62. The van der Waals surface area contributed by atoms with E-state index >= 15 is 0 Å². The van der Waals surface area contributed by atoms with Crippen LogP contribution in [0.3, 0.4) is 0 Å². The largest absolute Gasteiger partial charge is 0.348 e. The van der Waals surface area contributed by atoms with Gasteiger partial charge in [-0.05, 0) is 44.0 Å². The highest BCUT2D eigenvalue weighted by molar-refractivity contribution is 5.93. The van der Waals surface area contributed by atoms with Crippen LogP contribution in [0.5, 0.6) is 0 Å². The fraction of sp³-hybridized carbons (Fsp3) is 0.381. The number of carbonyl (C=O) groups excluding carboxylic acids is 1. The van der Waals surface area contributed by atoms with E-state index in [4.69, 9.17) is 0 Å². The number of fused-ring (bicyclic) bond motifs is 1. The number of nitrogens with zero attached hydrogens (tertiary/aromatic N) is 3. The van der Waals surface area contributed by atoms with E-state index in [0.717, 1.165) is 43.5 Å². The molecule has 7 heteroatoms. The lowest BCUT2D eigenvalue weighted by Crippen LogP contribution is -2.45. The Balaban J connectivity index is 1.33. The minimum Gasteiger partial charge on any atom is -0.348 e. The van der Waals surface area contributed by atoms with Crippen molar-refractivity contribution in [3.05, 3.63) is 64.8 Å². The number of nitrogens with one attached hydrogen (secondary N) is 2. The quantitative estimate of drug-likeness (QED) is 0.712. The van der Waals surface area contributed by atoms with Gasteiger partial charge in [0.15, 0.2) is 0 Å². The number of imidazole rings is 1. The number of hydrogen-bond donors (Lipinski definition) is 2. The molecule has 1 atom stereocenters. The summed E-state index contributed by atoms with van der Waals surface area (Å²) >= 11 is 0. The Hall–Kier alpha value is -2.93. The van der Waals surface area contributed by atoms with E-state index in [0.29, 0.717) is 5.56 Å². The molecule has 3 heterocycles. The molecule has 2 N–H and O–H groups in total. The summed E-state index contributed by atoms with van der Waals surface area (Å²) in [5.74, 6) is -0.0965. The molecule has 146 valence electrons. The molecule has 0 aliphatic carbocycles. The summed E-state index contributed by atoms with van der Waals surface area (Å²) in [6, 6.07) is 11.6. The standard InChI is InChI=1S/C21H25N5O2/c1-15(23-20(27)16-5-4-10-22-13-16)14-25-11-8-17(9-12-25)26-19-7-3-2-6-18(19)24-21(26)28/h2-7,10,13,15,17H,8-9,11-12,14H2,1H3,(H,23,27)(H,24,28)/t15-/m0/s1. The predicted octanol–water partition coefficient (Wildman–Crippen LogP) is 2.18. The number of aromatic amines is 1. The Kier molecular flexibility index (Phi) is 5.25. The van der Waals surface area contributed by atoms with Crippen LogP contribution in [0.25, 0.3) is 11.0 Å². The lowest BCUT2D eigenvalue weighted by atomic mass is 10.0. The molecule has 7 nitrogen and oxygen atoms in total. The van der Waals surface area contributed by atoms with E-state index in [1.165, 1.54) is 0 Å². The van der Waals surface area contributed by atoms with Gasteiger partial charge in [-0.2, -0.15) is 0 Å². The Morgan fingerprint density at radius 3 is 2.79 bits per heavy atom. The molecule has 2 aromatic heterocycles. The first-order chi connectivity index (χ1) is 13.6. The summed E-state index contributed by atoms with van der Waals surface area (Å²) in [5, 5.41) is 3.03. The third-order valence-electron chi connectivity index (χ3n) is 5.38. The van der Waals surface area contributed by atoms with Crippen LogP contribution in [0.15, 0.2) is 53.6 Å². The number of piperidine rings is 1. The second-order valence-corrected chi connectivity index (χ2v) is 7.47. The molecule has 1 aromatic carbocycles. The molecular weight excluding hydrogens is 354 g/mol. The highest BCUT2D eigenvalue weighted by atomic mass is 16.2. The number of likely N-dealkylation sites (tertiary alicyclic amines) is 1. The lowest BCUT2D eigenvalue weighted by Gasteiger charge is -2.34. The molecule has 0 radical (unpaired) electrons. The normalized spacial score (nSPS) is 16.9. The SMILES string of the molecule is C[C@@H](CN1CCC(n2c(=O)[nH]c3ccccc32)CC1)NC(=O)c1cccnc1. The lowest BCUT2D eigenvalue weighted by molar-refractivity contribution is 0.0920. The number of carbonyl (C=O) groups is 1. The molecule has 1 aliphatic heterocycles. The zero-order valence-electron chi connectivity index (χ0n) is 16.0. The number of aromatic nitrogens is 3. The predicted molar refractivity (Wildman–Crippen MR) is 108 cm³/mol. The maximum atomic E-state index is 12.4. The van der Waals surface area contributed by atoms with Gasteiger partial charge >= 0.3 is 5.69 Å². The summed E-state index contributed by atoms with van der Waals surface area (Å²) in [7, 11) is 0. The second kappa shape index (κ2) is 7.98. The zero-order valence-corrected chi connectivity index (χ0v) is 16.0. The molecule has 1 saturated heterocycles. The van der Waals surface area contributed by atoms with Crippen molar-refractivity contribution in [2.75, 3.05) is 19.6 Å². The molecule has 0 unspecified atom stereocenters. The summed E-state index contributed by atoms with van der Waals surface area (Å²) < 4.78 is 1.90. The minimum absolute atomic E-state index is 0.0308. The zero-order chi connectivity index (χ0) is 19.5. The third-order valence-corrected chi connectivity index (χ3v) is 5.38. The van der Waals surface area contributed by atoms with E-state index in [-0.39, 0.29) is 23.7 Å². The molecular formula is C21H25N5O2. The maximum Gasteiger partial charge on any atom is 0.326 e. The molecule has 3 aromatic rings. The highest BCUT2D eigenvalue weighted by Crippen LogP contribution is 2.24. The van der Waals surface area contributed by atoms with Crippen molar-refractivity contribution in [1.29, 1.82) is 0 Å². The molecule has 4 rings (SSSR count). The van der Waals surface area contributed by atoms with E-state index in [1.807, 2.05) is 35.8 Å². The number of pyridine rings is 1. The molecule has 1 fully saturated rings. The number of H-pyrrole nitrogens is 1.